The molecule has 3 heteroatoms. The van der Waals surface area contributed by atoms with Crippen molar-refractivity contribution in [2.24, 2.45) is 0 Å². The summed E-state index contributed by atoms with van der Waals surface area (Å²) in [7, 11) is 0. The molecule has 0 radical (unpaired) electrons. The normalized spacial score (nSPS) is 15.4. The van der Waals surface area contributed by atoms with E-state index in [9.17, 15) is 4.39 Å². The molecule has 0 amide bonds. The fourth-order valence-corrected chi connectivity index (χ4v) is 2.76. The molecule has 92 valence electrons. The number of hydrogen-bond donors (Lipinski definition) is 0. The summed E-state index contributed by atoms with van der Waals surface area (Å²) in [4.78, 5) is 0.0870. The average molecular weight is 307 g/mol. The van der Waals surface area contributed by atoms with Gasteiger partial charge in [0.05, 0.1) is 18.0 Å². The summed E-state index contributed by atoms with van der Waals surface area (Å²) in [6, 6.07) is 12.9. The van der Waals surface area contributed by atoms with Crippen LogP contribution in [0.1, 0.15) is 27.1 Å². The Morgan fingerprint density at radius 1 is 0.944 bits per heavy atom. The van der Waals surface area contributed by atoms with E-state index in [1.54, 1.807) is 12.1 Å². The van der Waals surface area contributed by atoms with E-state index in [4.69, 9.17) is 4.74 Å². The SMILES string of the molecule is Fc1ccc(C(Br)c2ccc3c(c2)COC3)cc1. The maximum absolute atomic E-state index is 12.9. The minimum atomic E-state index is -0.208. The van der Waals surface area contributed by atoms with Crippen molar-refractivity contribution in [3.63, 3.8) is 0 Å². The van der Waals surface area contributed by atoms with Gasteiger partial charge in [-0.25, -0.2) is 4.39 Å². The number of benzene rings is 2. The Morgan fingerprint density at radius 3 is 2.39 bits per heavy atom. The lowest BCUT2D eigenvalue weighted by Gasteiger charge is -2.12. The molecule has 1 aliphatic rings. The van der Waals surface area contributed by atoms with Crippen LogP contribution >= 0.6 is 15.9 Å². The second-order valence-electron chi connectivity index (χ2n) is 4.44. The highest BCUT2D eigenvalue weighted by Crippen LogP contribution is 2.33. The molecule has 2 aromatic rings. The van der Waals surface area contributed by atoms with Gasteiger partial charge in [0.1, 0.15) is 5.82 Å². The zero-order chi connectivity index (χ0) is 12.5. The van der Waals surface area contributed by atoms with E-state index >= 15 is 0 Å². The predicted molar refractivity (Wildman–Crippen MR) is 72.1 cm³/mol. The van der Waals surface area contributed by atoms with Gasteiger partial charge < -0.3 is 4.74 Å². The molecule has 0 saturated heterocycles. The molecule has 3 rings (SSSR count). The standard InChI is InChI=1S/C15H12BrFO/c16-15(10-3-5-14(17)6-4-10)11-1-2-12-8-18-9-13(12)7-11/h1-7,15H,8-9H2. The van der Waals surface area contributed by atoms with E-state index in [0.717, 1.165) is 5.56 Å². The first kappa shape index (κ1) is 11.9. The molecule has 18 heavy (non-hydrogen) atoms. The third-order valence-corrected chi connectivity index (χ3v) is 4.26. The van der Waals surface area contributed by atoms with Gasteiger partial charge in [-0.3, -0.25) is 0 Å². The zero-order valence-electron chi connectivity index (χ0n) is 9.70. The van der Waals surface area contributed by atoms with E-state index in [1.165, 1.54) is 28.8 Å². The molecule has 2 aromatic carbocycles. The molecule has 0 saturated carbocycles. The van der Waals surface area contributed by atoms with Crippen molar-refractivity contribution in [1.82, 2.24) is 0 Å². The summed E-state index contributed by atoms with van der Waals surface area (Å²) in [5, 5.41) is 0. The van der Waals surface area contributed by atoms with Crippen LogP contribution in [0, 0.1) is 5.82 Å². The Hall–Kier alpha value is -1.19. The van der Waals surface area contributed by atoms with Gasteiger partial charge in [-0.2, -0.15) is 0 Å². The fourth-order valence-electron chi connectivity index (χ4n) is 2.17. The smallest absolute Gasteiger partial charge is 0.123 e. The Bertz CT molecular complexity index is 565. The Morgan fingerprint density at radius 2 is 1.61 bits per heavy atom. The minimum Gasteiger partial charge on any atom is -0.372 e. The van der Waals surface area contributed by atoms with Crippen LogP contribution in [0.2, 0.25) is 0 Å². The van der Waals surface area contributed by atoms with Crippen LogP contribution in [0.3, 0.4) is 0 Å². The molecule has 1 aliphatic heterocycles. The number of fused-ring (bicyclic) bond motifs is 1. The molecule has 0 fully saturated rings. The van der Waals surface area contributed by atoms with Crippen molar-refractivity contribution >= 4 is 15.9 Å². The van der Waals surface area contributed by atoms with E-state index in [2.05, 4.69) is 34.1 Å². The van der Waals surface area contributed by atoms with Crippen molar-refractivity contribution in [3.8, 4) is 0 Å². The number of hydrogen-bond acceptors (Lipinski definition) is 1. The number of rotatable bonds is 2. The van der Waals surface area contributed by atoms with Gasteiger partial charge in [0.15, 0.2) is 0 Å². The lowest BCUT2D eigenvalue weighted by Crippen LogP contribution is -1.95. The monoisotopic (exact) mass is 306 g/mol. The topological polar surface area (TPSA) is 9.23 Å². The van der Waals surface area contributed by atoms with Crippen molar-refractivity contribution in [2.75, 3.05) is 0 Å². The molecular formula is C15H12BrFO. The quantitative estimate of drug-likeness (QED) is 0.750. The van der Waals surface area contributed by atoms with Crippen LogP contribution in [-0.2, 0) is 18.0 Å². The van der Waals surface area contributed by atoms with Crippen LogP contribution in [0.15, 0.2) is 42.5 Å². The third kappa shape index (κ3) is 2.20. The van der Waals surface area contributed by atoms with Crippen molar-refractivity contribution in [2.45, 2.75) is 18.0 Å². The average Bonchev–Trinajstić information content (AvgIpc) is 2.86. The van der Waals surface area contributed by atoms with Crippen LogP contribution in [0.5, 0.6) is 0 Å². The highest BCUT2D eigenvalue weighted by Gasteiger charge is 2.15. The van der Waals surface area contributed by atoms with Gasteiger partial charge in [-0.05, 0) is 34.4 Å². The van der Waals surface area contributed by atoms with Gasteiger partial charge in [0.25, 0.3) is 0 Å². The van der Waals surface area contributed by atoms with E-state index in [-0.39, 0.29) is 10.6 Å². The summed E-state index contributed by atoms with van der Waals surface area (Å²) < 4.78 is 18.3. The second kappa shape index (κ2) is 4.82. The summed E-state index contributed by atoms with van der Waals surface area (Å²) in [6.45, 7) is 1.39. The third-order valence-electron chi connectivity index (χ3n) is 3.20. The molecule has 1 nitrogen and oxygen atoms in total. The molecule has 1 unspecified atom stereocenters. The van der Waals surface area contributed by atoms with Crippen molar-refractivity contribution in [1.29, 1.82) is 0 Å². The van der Waals surface area contributed by atoms with Gasteiger partial charge in [0, 0.05) is 0 Å². The number of halogens is 2. The second-order valence-corrected chi connectivity index (χ2v) is 5.35. The highest BCUT2D eigenvalue weighted by atomic mass is 79.9. The molecular weight excluding hydrogens is 295 g/mol. The van der Waals surface area contributed by atoms with Crippen molar-refractivity contribution < 1.29 is 9.13 Å². The Kier molecular flexibility index (Phi) is 3.18. The number of ether oxygens (including phenoxy) is 1. The van der Waals surface area contributed by atoms with E-state index in [0.29, 0.717) is 13.2 Å². The van der Waals surface area contributed by atoms with Gasteiger partial charge in [-0.15, -0.1) is 0 Å². The van der Waals surface area contributed by atoms with Crippen molar-refractivity contribution in [3.05, 3.63) is 70.5 Å². The molecule has 0 bridgehead atoms. The molecule has 0 aliphatic carbocycles. The molecule has 0 aromatic heterocycles. The van der Waals surface area contributed by atoms with E-state index < -0.39 is 0 Å². The van der Waals surface area contributed by atoms with Gasteiger partial charge >= 0.3 is 0 Å². The van der Waals surface area contributed by atoms with Crippen LogP contribution in [0.4, 0.5) is 4.39 Å². The summed E-state index contributed by atoms with van der Waals surface area (Å²) in [5.41, 5.74) is 4.73. The maximum Gasteiger partial charge on any atom is 0.123 e. The fraction of sp³-hybridized carbons (Fsp3) is 0.200. The first-order valence-electron chi connectivity index (χ1n) is 5.83. The summed E-state index contributed by atoms with van der Waals surface area (Å²) in [6.07, 6.45) is 0. The van der Waals surface area contributed by atoms with Crippen LogP contribution in [-0.4, -0.2) is 0 Å². The minimum absolute atomic E-state index is 0.0870. The van der Waals surface area contributed by atoms with Gasteiger partial charge in [0.2, 0.25) is 0 Å². The first-order valence-corrected chi connectivity index (χ1v) is 6.74. The Labute approximate surface area is 114 Å². The highest BCUT2D eigenvalue weighted by molar-refractivity contribution is 9.09. The van der Waals surface area contributed by atoms with Gasteiger partial charge in [-0.1, -0.05) is 46.3 Å². The predicted octanol–water partition coefficient (Wildman–Crippen LogP) is 4.34. The first-order chi connectivity index (χ1) is 8.74. The van der Waals surface area contributed by atoms with Crippen LogP contribution < -0.4 is 0 Å². The molecule has 1 heterocycles. The summed E-state index contributed by atoms with van der Waals surface area (Å²) in [5.74, 6) is -0.208. The number of alkyl halides is 1. The molecule has 0 spiro atoms. The largest absolute Gasteiger partial charge is 0.372 e. The lowest BCUT2D eigenvalue weighted by atomic mass is 10.0. The Balaban J connectivity index is 1.92. The molecule has 0 N–H and O–H groups in total. The zero-order valence-corrected chi connectivity index (χ0v) is 11.3. The maximum atomic E-state index is 12.9. The summed E-state index contributed by atoms with van der Waals surface area (Å²) >= 11 is 3.66. The van der Waals surface area contributed by atoms with Crippen LogP contribution in [0.25, 0.3) is 0 Å². The molecule has 1 atom stereocenters. The van der Waals surface area contributed by atoms with E-state index in [1.807, 2.05) is 0 Å². The lowest BCUT2D eigenvalue weighted by molar-refractivity contribution is 0.134.